The molecule has 0 saturated heterocycles. The maximum Gasteiger partial charge on any atom is 0 e. The summed E-state index contributed by atoms with van der Waals surface area (Å²) in [5.41, 5.74) is 2.48. The zero-order valence-electron chi connectivity index (χ0n) is 14.9. The molecule has 0 unspecified atom stereocenters. The van der Waals surface area contributed by atoms with E-state index >= 15 is 0 Å². The van der Waals surface area contributed by atoms with Gasteiger partial charge in [-0.3, -0.25) is 17.8 Å². The minimum atomic E-state index is 0. The van der Waals surface area contributed by atoms with Crippen LogP contribution >= 0.6 is 0 Å². The Labute approximate surface area is 182 Å². The molecular weight excluding hydrogens is 361 g/mol. The third kappa shape index (κ3) is 12.0. The molecule has 0 aliphatic rings. The van der Waals surface area contributed by atoms with E-state index in [0.29, 0.717) is 0 Å². The first-order valence-corrected chi connectivity index (χ1v) is 7.23. The Hall–Kier alpha value is -2.44. The molecule has 0 aliphatic heterocycles. The van der Waals surface area contributed by atoms with Gasteiger partial charge in [-0.1, -0.05) is 54.6 Å². The first-order valence-electron chi connectivity index (χ1n) is 7.23. The van der Waals surface area contributed by atoms with Crippen molar-refractivity contribution in [3.63, 3.8) is 0 Å². The molecule has 0 spiro atoms. The van der Waals surface area contributed by atoms with E-state index < -0.39 is 0 Å². The van der Waals surface area contributed by atoms with Gasteiger partial charge in [0, 0.05) is 38.3 Å². The molecule has 0 N–H and O–H groups in total. The van der Waals surface area contributed by atoms with Crippen molar-refractivity contribution in [2.45, 2.75) is 0 Å². The van der Waals surface area contributed by atoms with Crippen LogP contribution in [0.15, 0.2) is 91.0 Å². The fourth-order valence-electron chi connectivity index (χ4n) is 1.56. The first kappa shape index (κ1) is 25.8. The van der Waals surface area contributed by atoms with Gasteiger partial charge >= 0.3 is 0 Å². The van der Waals surface area contributed by atoms with Gasteiger partial charge in [-0.15, -0.1) is 53.1 Å². The van der Waals surface area contributed by atoms with Crippen LogP contribution in [0.25, 0.3) is 0 Å². The number of rotatable bonds is 0. The van der Waals surface area contributed by atoms with Crippen LogP contribution in [0.5, 0.6) is 0 Å². The maximum absolute atomic E-state index is 6.69. The van der Waals surface area contributed by atoms with E-state index in [0.717, 1.165) is 16.7 Å². The Balaban J connectivity index is 0. The van der Waals surface area contributed by atoms with Crippen molar-refractivity contribution in [2.75, 3.05) is 0 Å². The Kier molecular flexibility index (Phi) is 17.3. The van der Waals surface area contributed by atoms with Gasteiger partial charge in [-0.2, -0.15) is 0 Å². The molecule has 0 nitrogen and oxygen atoms in total. The van der Waals surface area contributed by atoms with Crippen LogP contribution in [0.1, 0.15) is 16.7 Å². The van der Waals surface area contributed by atoms with Crippen molar-refractivity contribution < 1.29 is 19.5 Å². The molecule has 3 aromatic carbocycles. The van der Waals surface area contributed by atoms with Crippen LogP contribution in [-0.2, 0) is 19.5 Å². The van der Waals surface area contributed by atoms with Gasteiger partial charge in [0.05, 0.1) is 0 Å². The Morgan fingerprint density at radius 3 is 0.731 bits per heavy atom. The molecule has 0 aliphatic carbocycles. The maximum atomic E-state index is 6.69. The summed E-state index contributed by atoms with van der Waals surface area (Å²) >= 11 is 0. The topological polar surface area (TPSA) is 0 Å². The summed E-state index contributed by atoms with van der Waals surface area (Å²) in [6.45, 7) is 0. The van der Waals surface area contributed by atoms with E-state index in [1.54, 1.807) is 0 Å². The standard InChI is InChI=1S/3C8H5.Li.Zn/c3*1-2-8-6-4-3-5-7-8;;/h3*3-7H;;/q3*-1;;. The van der Waals surface area contributed by atoms with Crippen LogP contribution in [0.2, 0.25) is 0 Å². The molecule has 117 valence electrons. The molecule has 0 amide bonds. The van der Waals surface area contributed by atoms with Crippen molar-refractivity contribution in [2.24, 2.45) is 0 Å². The van der Waals surface area contributed by atoms with Crippen LogP contribution in [0.4, 0.5) is 0 Å². The third-order valence-electron chi connectivity index (χ3n) is 2.75. The first-order chi connectivity index (χ1) is 11.8. The minimum absolute atomic E-state index is 0. The Morgan fingerprint density at radius 1 is 0.423 bits per heavy atom. The second-order valence-corrected chi connectivity index (χ2v) is 4.47. The van der Waals surface area contributed by atoms with Gasteiger partial charge in [0.1, 0.15) is 0 Å². The summed E-state index contributed by atoms with van der Waals surface area (Å²) in [6, 6.07) is 28.1. The van der Waals surface area contributed by atoms with Gasteiger partial charge in [0.15, 0.2) is 0 Å². The van der Waals surface area contributed by atoms with E-state index in [1.165, 1.54) is 0 Å². The van der Waals surface area contributed by atoms with E-state index in [-0.39, 0.29) is 38.3 Å². The monoisotopic (exact) mass is 374 g/mol. The quantitative estimate of drug-likeness (QED) is 0.308. The smallest absolute Gasteiger partial charge is 0 e. The molecule has 0 fully saturated rings. The SMILES string of the molecule is [C-]#Cc1ccccc1.[C-]#Cc1ccccc1.[C-]#Cc1ccccc1.[Li].[Zn]. The van der Waals surface area contributed by atoms with Crippen molar-refractivity contribution >= 4 is 18.9 Å². The minimum Gasteiger partial charge on any atom is -0.366 e. The molecule has 0 saturated carbocycles. The molecule has 3 aromatic rings. The van der Waals surface area contributed by atoms with E-state index in [4.69, 9.17) is 19.3 Å². The van der Waals surface area contributed by atoms with Crippen LogP contribution in [-0.4, -0.2) is 18.9 Å². The number of benzene rings is 3. The molecule has 26 heavy (non-hydrogen) atoms. The summed E-state index contributed by atoms with van der Waals surface area (Å²) in [6.07, 6.45) is 20.1. The fourth-order valence-corrected chi connectivity index (χ4v) is 1.56. The van der Waals surface area contributed by atoms with Crippen LogP contribution in [0.3, 0.4) is 0 Å². The van der Waals surface area contributed by atoms with E-state index in [9.17, 15) is 0 Å². The molecule has 0 heterocycles. The van der Waals surface area contributed by atoms with Crippen molar-refractivity contribution in [1.82, 2.24) is 0 Å². The van der Waals surface area contributed by atoms with E-state index in [1.807, 2.05) is 91.0 Å². The van der Waals surface area contributed by atoms with Crippen molar-refractivity contribution in [3.05, 3.63) is 127 Å². The predicted molar refractivity (Wildman–Crippen MR) is 104 cm³/mol. The molecule has 0 aromatic heterocycles. The second-order valence-electron chi connectivity index (χ2n) is 4.47. The van der Waals surface area contributed by atoms with Gasteiger partial charge in [0.25, 0.3) is 0 Å². The zero-order chi connectivity index (χ0) is 17.5. The van der Waals surface area contributed by atoms with Gasteiger partial charge < -0.3 is 19.3 Å². The number of hydrogen-bond acceptors (Lipinski definition) is 0. The molecule has 1 radical (unpaired) electrons. The Bertz CT molecular complexity index is 703. The van der Waals surface area contributed by atoms with Crippen molar-refractivity contribution in [1.29, 1.82) is 0 Å². The summed E-state index contributed by atoms with van der Waals surface area (Å²) < 4.78 is 0. The normalized spacial score (nSPS) is 7.27. The van der Waals surface area contributed by atoms with E-state index in [2.05, 4.69) is 17.8 Å². The summed E-state index contributed by atoms with van der Waals surface area (Å²) in [4.78, 5) is 0. The molecule has 2 heteroatoms. The third-order valence-corrected chi connectivity index (χ3v) is 2.75. The summed E-state index contributed by atoms with van der Waals surface area (Å²) in [5.74, 6) is 6.83. The summed E-state index contributed by atoms with van der Waals surface area (Å²) in [7, 11) is 0. The summed E-state index contributed by atoms with van der Waals surface area (Å²) in [5, 5.41) is 0. The number of hydrogen-bond donors (Lipinski definition) is 0. The predicted octanol–water partition coefficient (Wildman–Crippen LogP) is 4.49. The van der Waals surface area contributed by atoms with Gasteiger partial charge in [-0.25, -0.2) is 0 Å². The fraction of sp³-hybridized carbons (Fsp3) is 0. The Morgan fingerprint density at radius 2 is 0.615 bits per heavy atom. The van der Waals surface area contributed by atoms with Crippen LogP contribution in [0, 0.1) is 37.0 Å². The average molecular weight is 376 g/mol. The molecule has 0 bridgehead atoms. The second kappa shape index (κ2) is 17.4. The van der Waals surface area contributed by atoms with Gasteiger partial charge in [-0.05, 0) is 0 Å². The average Bonchev–Trinajstić information content (AvgIpc) is 2.71. The van der Waals surface area contributed by atoms with Gasteiger partial charge in [0.2, 0.25) is 0 Å². The molecule has 0 atom stereocenters. The zero-order valence-corrected chi connectivity index (χ0v) is 17.8. The molecule has 3 rings (SSSR count). The van der Waals surface area contributed by atoms with Crippen LogP contribution < -0.4 is 0 Å². The molecular formula is C24H15LiZn-3. The largest absolute Gasteiger partial charge is 0.366 e. The van der Waals surface area contributed by atoms with Crippen molar-refractivity contribution in [3.8, 4) is 17.8 Å².